The number of halogens is 3. The van der Waals surface area contributed by atoms with Crippen molar-refractivity contribution in [2.45, 2.75) is 38.6 Å². The maximum Gasteiger partial charge on any atom is 0.438 e. The molecule has 1 atom stereocenters. The molecule has 0 fully saturated rings. The van der Waals surface area contributed by atoms with Crippen molar-refractivity contribution in [2.75, 3.05) is 13.7 Å². The Morgan fingerprint density at radius 1 is 1.35 bits per heavy atom. The van der Waals surface area contributed by atoms with Crippen LogP contribution < -0.4 is 9.47 Å². The minimum atomic E-state index is -5.05. The van der Waals surface area contributed by atoms with Crippen LogP contribution in [0.3, 0.4) is 0 Å². The number of hydrogen-bond acceptors (Lipinski definition) is 5. The van der Waals surface area contributed by atoms with Crippen molar-refractivity contribution in [2.24, 2.45) is 11.0 Å². The molecular formula is C17H21F3N2O4. The maximum atomic E-state index is 13.4. The molecule has 0 unspecified atom stereocenters. The second-order valence-electron chi connectivity index (χ2n) is 6.40. The third kappa shape index (κ3) is 4.09. The van der Waals surface area contributed by atoms with Crippen LogP contribution in [0, 0.1) is 5.92 Å². The van der Waals surface area contributed by atoms with Crippen LogP contribution in [-0.2, 0) is 4.79 Å². The standard InChI is InChI=1S/C17H21F3N2O4/c1-11(2)8-12-9-16(24,17(18,19)20)22(21-12)15(23)10-26-14-7-5-4-6-13(14)25-3/h4-7,11,24H,8-10H2,1-3H3/t16-/m1/s1. The van der Waals surface area contributed by atoms with Crippen LogP contribution in [0.1, 0.15) is 26.7 Å². The van der Waals surface area contributed by atoms with Gasteiger partial charge in [-0.1, -0.05) is 26.0 Å². The zero-order valence-electron chi connectivity index (χ0n) is 14.7. The van der Waals surface area contributed by atoms with Crippen LogP contribution in [0.15, 0.2) is 29.4 Å². The summed E-state index contributed by atoms with van der Waals surface area (Å²) in [4.78, 5) is 12.3. The van der Waals surface area contributed by atoms with Crippen molar-refractivity contribution in [1.82, 2.24) is 5.01 Å². The number of para-hydroxylation sites is 2. The largest absolute Gasteiger partial charge is 0.493 e. The Hall–Kier alpha value is -2.29. The Morgan fingerprint density at radius 3 is 2.50 bits per heavy atom. The van der Waals surface area contributed by atoms with E-state index in [0.717, 1.165) is 0 Å². The zero-order valence-corrected chi connectivity index (χ0v) is 14.7. The Morgan fingerprint density at radius 2 is 1.96 bits per heavy atom. The summed E-state index contributed by atoms with van der Waals surface area (Å²) in [7, 11) is 1.40. The monoisotopic (exact) mass is 374 g/mol. The van der Waals surface area contributed by atoms with Crippen LogP contribution in [0.5, 0.6) is 11.5 Å². The third-order valence-corrected chi connectivity index (χ3v) is 3.80. The molecule has 9 heteroatoms. The lowest BCUT2D eigenvalue weighted by atomic mass is 9.99. The molecule has 0 bridgehead atoms. The van der Waals surface area contributed by atoms with E-state index in [4.69, 9.17) is 9.47 Å². The van der Waals surface area contributed by atoms with Crippen LogP contribution in [0.4, 0.5) is 13.2 Å². The van der Waals surface area contributed by atoms with Crippen LogP contribution >= 0.6 is 0 Å². The van der Waals surface area contributed by atoms with Gasteiger partial charge >= 0.3 is 6.18 Å². The van der Waals surface area contributed by atoms with Gasteiger partial charge in [0, 0.05) is 12.1 Å². The molecule has 1 aliphatic rings. The number of ether oxygens (including phenoxy) is 2. The van der Waals surface area contributed by atoms with Crippen molar-refractivity contribution in [3.8, 4) is 11.5 Å². The number of methoxy groups -OCH3 is 1. The van der Waals surface area contributed by atoms with Gasteiger partial charge in [0.05, 0.1) is 7.11 Å². The Balaban J connectivity index is 2.19. The van der Waals surface area contributed by atoms with E-state index in [1.54, 1.807) is 18.2 Å². The van der Waals surface area contributed by atoms with Gasteiger partial charge in [0.2, 0.25) is 0 Å². The quantitative estimate of drug-likeness (QED) is 0.831. The molecule has 1 heterocycles. The number of benzene rings is 1. The van der Waals surface area contributed by atoms with Crippen molar-refractivity contribution < 1.29 is 32.5 Å². The van der Waals surface area contributed by atoms with Gasteiger partial charge < -0.3 is 14.6 Å². The molecule has 0 saturated heterocycles. The van der Waals surface area contributed by atoms with Gasteiger partial charge in [-0.25, -0.2) is 0 Å². The molecule has 1 aromatic carbocycles. The van der Waals surface area contributed by atoms with Gasteiger partial charge in [-0.05, 0) is 24.5 Å². The number of carbonyl (C=O) groups is 1. The van der Waals surface area contributed by atoms with Gasteiger partial charge in [-0.3, -0.25) is 4.79 Å². The normalized spacial score (nSPS) is 20.3. The number of amides is 1. The molecule has 0 aliphatic carbocycles. The van der Waals surface area contributed by atoms with Gasteiger partial charge in [0.25, 0.3) is 11.6 Å². The smallest absolute Gasteiger partial charge is 0.438 e. The lowest BCUT2D eigenvalue weighted by Crippen LogP contribution is -2.57. The van der Waals surface area contributed by atoms with Crippen molar-refractivity contribution in [3.05, 3.63) is 24.3 Å². The summed E-state index contributed by atoms with van der Waals surface area (Å²) < 4.78 is 50.4. The molecule has 0 saturated carbocycles. The lowest BCUT2D eigenvalue weighted by Gasteiger charge is -2.32. The van der Waals surface area contributed by atoms with Gasteiger partial charge in [-0.2, -0.15) is 23.3 Å². The minimum absolute atomic E-state index is 0.0334. The number of alkyl halides is 3. The highest BCUT2D eigenvalue weighted by Gasteiger charge is 2.63. The van der Waals surface area contributed by atoms with Gasteiger partial charge in [0.1, 0.15) is 0 Å². The number of aliphatic hydroxyl groups is 1. The summed E-state index contributed by atoms with van der Waals surface area (Å²) in [5.41, 5.74) is -3.25. The zero-order chi connectivity index (χ0) is 19.5. The molecule has 2 rings (SSSR count). The van der Waals surface area contributed by atoms with E-state index in [9.17, 15) is 23.1 Å². The van der Waals surface area contributed by atoms with Crippen molar-refractivity contribution in [3.63, 3.8) is 0 Å². The first-order valence-corrected chi connectivity index (χ1v) is 8.03. The van der Waals surface area contributed by atoms with Crippen LogP contribution in [-0.4, -0.2) is 47.4 Å². The molecule has 1 aromatic rings. The number of hydrazone groups is 1. The summed E-state index contributed by atoms with van der Waals surface area (Å²) in [6, 6.07) is 6.40. The first kappa shape index (κ1) is 20.0. The van der Waals surface area contributed by atoms with Gasteiger partial charge in [-0.15, -0.1) is 0 Å². The van der Waals surface area contributed by atoms with Crippen molar-refractivity contribution >= 4 is 11.6 Å². The Labute approximate surface area is 149 Å². The molecule has 6 nitrogen and oxygen atoms in total. The lowest BCUT2D eigenvalue weighted by molar-refractivity contribution is -0.302. The van der Waals surface area contributed by atoms with Crippen LogP contribution in [0.25, 0.3) is 0 Å². The SMILES string of the molecule is COc1ccccc1OCC(=O)N1N=C(CC(C)C)C[C@@]1(O)C(F)(F)F. The average Bonchev–Trinajstić information content (AvgIpc) is 2.89. The first-order chi connectivity index (χ1) is 12.1. The summed E-state index contributed by atoms with van der Waals surface area (Å²) in [5.74, 6) is -0.540. The predicted octanol–water partition coefficient (Wildman–Crippen LogP) is 2.96. The maximum absolute atomic E-state index is 13.4. The fourth-order valence-electron chi connectivity index (χ4n) is 2.62. The highest BCUT2D eigenvalue weighted by Crippen LogP contribution is 2.41. The third-order valence-electron chi connectivity index (χ3n) is 3.80. The van der Waals surface area contributed by atoms with E-state index in [0.29, 0.717) is 5.75 Å². The van der Waals surface area contributed by atoms with E-state index in [-0.39, 0.29) is 28.8 Å². The topological polar surface area (TPSA) is 71.4 Å². The van der Waals surface area contributed by atoms with E-state index < -0.39 is 30.8 Å². The fraction of sp³-hybridized carbons (Fsp3) is 0.529. The van der Waals surface area contributed by atoms with Crippen LogP contribution in [0.2, 0.25) is 0 Å². The highest BCUT2D eigenvalue weighted by atomic mass is 19.4. The molecule has 1 aliphatic heterocycles. The highest BCUT2D eigenvalue weighted by molar-refractivity contribution is 5.91. The fourth-order valence-corrected chi connectivity index (χ4v) is 2.62. The van der Waals surface area contributed by atoms with E-state index in [1.807, 2.05) is 13.8 Å². The van der Waals surface area contributed by atoms with Crippen molar-refractivity contribution in [1.29, 1.82) is 0 Å². The van der Waals surface area contributed by atoms with Gasteiger partial charge in [0.15, 0.2) is 18.1 Å². The van der Waals surface area contributed by atoms with E-state index in [1.165, 1.54) is 13.2 Å². The molecule has 0 aromatic heterocycles. The summed E-state index contributed by atoms with van der Waals surface area (Å²) >= 11 is 0. The molecular weight excluding hydrogens is 353 g/mol. The molecule has 1 amide bonds. The van der Waals surface area contributed by atoms with E-state index >= 15 is 0 Å². The first-order valence-electron chi connectivity index (χ1n) is 8.03. The number of nitrogens with zero attached hydrogens (tertiary/aromatic N) is 2. The Bertz CT molecular complexity index is 691. The Kier molecular flexibility index (Phi) is 5.80. The summed E-state index contributed by atoms with van der Waals surface area (Å²) in [6.07, 6.45) is -5.57. The molecule has 26 heavy (non-hydrogen) atoms. The number of carbonyl (C=O) groups excluding carboxylic acids is 1. The summed E-state index contributed by atoms with van der Waals surface area (Å²) in [5, 5.41) is 13.9. The number of hydrogen-bond donors (Lipinski definition) is 1. The molecule has 0 spiro atoms. The molecule has 0 radical (unpaired) electrons. The molecule has 144 valence electrons. The predicted molar refractivity (Wildman–Crippen MR) is 87.8 cm³/mol. The van der Waals surface area contributed by atoms with E-state index in [2.05, 4.69) is 5.10 Å². The second-order valence-corrected chi connectivity index (χ2v) is 6.40. The minimum Gasteiger partial charge on any atom is -0.493 e. The number of rotatable bonds is 6. The second kappa shape index (κ2) is 7.53. The summed E-state index contributed by atoms with van der Waals surface area (Å²) in [6.45, 7) is 2.89. The average molecular weight is 374 g/mol. The molecule has 1 N–H and O–H groups in total.